The molecule has 0 aliphatic carbocycles. The molecule has 0 bridgehead atoms. The van der Waals surface area contributed by atoms with Crippen LogP contribution in [0.25, 0.3) is 11.3 Å². The average Bonchev–Trinajstić information content (AvgIpc) is 3.55. The number of nitrogens with zero attached hydrogens (tertiary/aromatic N) is 3. The number of carbonyl (C=O) groups excluding carboxylic acids is 3. The van der Waals surface area contributed by atoms with Gasteiger partial charge >= 0.3 is 0 Å². The third kappa shape index (κ3) is 4.75. The smallest absolute Gasteiger partial charge is 0.261 e. The van der Waals surface area contributed by atoms with Crippen molar-refractivity contribution >= 4 is 40.7 Å². The Balaban J connectivity index is 1.24. The molecule has 0 saturated heterocycles. The Bertz CT molecular complexity index is 1630. The minimum absolute atomic E-state index is 0.0276. The highest BCUT2D eigenvalue weighted by Crippen LogP contribution is 2.42. The number of benzene rings is 2. The molecule has 0 saturated carbocycles. The maximum atomic E-state index is 13.9. The highest BCUT2D eigenvalue weighted by molar-refractivity contribution is 7.16. The number of hydrogen-bond donors (Lipinski definition) is 1. The van der Waals surface area contributed by atoms with Crippen molar-refractivity contribution in [3.05, 3.63) is 93.0 Å². The maximum absolute atomic E-state index is 13.9. The van der Waals surface area contributed by atoms with Crippen LogP contribution in [-0.4, -0.2) is 51.6 Å². The molecule has 204 valence electrons. The van der Waals surface area contributed by atoms with Crippen molar-refractivity contribution < 1.29 is 27.9 Å². The number of aromatic nitrogens is 2. The van der Waals surface area contributed by atoms with Gasteiger partial charge in [-0.25, -0.2) is 8.78 Å². The van der Waals surface area contributed by atoms with Crippen molar-refractivity contribution in [1.82, 2.24) is 20.0 Å². The van der Waals surface area contributed by atoms with E-state index in [-0.39, 0.29) is 19.4 Å². The van der Waals surface area contributed by atoms with E-state index in [2.05, 4.69) is 10.4 Å². The van der Waals surface area contributed by atoms with Gasteiger partial charge in [-0.15, -0.1) is 0 Å². The summed E-state index contributed by atoms with van der Waals surface area (Å²) in [5.74, 6) is -3.22. The third-order valence-electron chi connectivity index (χ3n) is 6.89. The number of ether oxygens (including phenoxy) is 1. The molecule has 0 spiro atoms. The molecule has 4 heterocycles. The number of halogens is 3. The van der Waals surface area contributed by atoms with Crippen LogP contribution < -0.4 is 10.1 Å². The van der Waals surface area contributed by atoms with Crippen molar-refractivity contribution in [3.8, 4) is 16.3 Å². The fourth-order valence-electron chi connectivity index (χ4n) is 4.94. The topological polar surface area (TPSA) is 93.5 Å². The summed E-state index contributed by atoms with van der Waals surface area (Å²) in [6, 6.07) is 11.2. The molecule has 1 atom stereocenters. The molecule has 2 aromatic heterocycles. The van der Waals surface area contributed by atoms with E-state index in [9.17, 15) is 23.2 Å². The van der Waals surface area contributed by atoms with Gasteiger partial charge in [0.15, 0.2) is 16.7 Å². The summed E-state index contributed by atoms with van der Waals surface area (Å²) < 4.78 is 35.0. The monoisotopic (exact) mass is 582 g/mol. The van der Waals surface area contributed by atoms with Crippen LogP contribution in [0.5, 0.6) is 5.06 Å². The van der Waals surface area contributed by atoms with Crippen molar-refractivity contribution in [2.45, 2.75) is 25.4 Å². The first-order valence-corrected chi connectivity index (χ1v) is 13.7. The predicted molar refractivity (Wildman–Crippen MR) is 144 cm³/mol. The summed E-state index contributed by atoms with van der Waals surface area (Å²) in [6.45, 7) is 0.900. The normalized spacial score (nSPS) is 14.7. The Morgan fingerprint density at radius 2 is 1.82 bits per heavy atom. The predicted octanol–water partition coefficient (Wildman–Crippen LogP) is 4.96. The molecule has 6 rings (SSSR count). The molecular weight excluding hydrogens is 562 g/mol. The van der Waals surface area contributed by atoms with E-state index in [1.165, 1.54) is 6.07 Å². The van der Waals surface area contributed by atoms with Crippen LogP contribution in [0.4, 0.5) is 8.78 Å². The van der Waals surface area contributed by atoms with Gasteiger partial charge in [-0.2, -0.15) is 5.10 Å². The van der Waals surface area contributed by atoms with Crippen molar-refractivity contribution in [1.29, 1.82) is 0 Å². The molecule has 2 aliphatic heterocycles. The van der Waals surface area contributed by atoms with Gasteiger partial charge in [0, 0.05) is 12.6 Å². The third-order valence-corrected chi connectivity index (χ3v) is 8.21. The second kappa shape index (κ2) is 10.5. The Hall–Kier alpha value is -4.09. The molecule has 0 unspecified atom stereocenters. The van der Waals surface area contributed by atoms with Gasteiger partial charge in [0.2, 0.25) is 0 Å². The van der Waals surface area contributed by atoms with Crippen molar-refractivity contribution in [2.75, 3.05) is 13.2 Å². The highest BCUT2D eigenvalue weighted by atomic mass is 35.5. The first kappa shape index (κ1) is 26.1. The fourth-order valence-corrected chi connectivity index (χ4v) is 6.12. The largest absolute Gasteiger partial charge is 0.481 e. The van der Waals surface area contributed by atoms with Crippen LogP contribution in [0.3, 0.4) is 0 Å². The molecule has 0 radical (unpaired) electrons. The molecule has 40 heavy (non-hydrogen) atoms. The van der Waals surface area contributed by atoms with Gasteiger partial charge in [0.05, 0.1) is 45.0 Å². The number of amides is 3. The Morgan fingerprint density at radius 1 is 1.07 bits per heavy atom. The van der Waals surface area contributed by atoms with Gasteiger partial charge in [-0.05, 0) is 48.7 Å². The highest BCUT2D eigenvalue weighted by Gasteiger charge is 2.35. The summed E-state index contributed by atoms with van der Waals surface area (Å²) in [7, 11) is 0. The Labute approximate surface area is 236 Å². The molecule has 0 fully saturated rings. The number of thiophene rings is 1. The SMILES string of the molecule is O=C(N[C@H](CCN1C(=O)c2ccccc2C1=O)Cc1ccc(F)c(F)c1)c1cc2c(s1)OCCn1ncc(Cl)c1-2. The molecule has 2 aliphatic rings. The summed E-state index contributed by atoms with van der Waals surface area (Å²) in [5.41, 5.74) is 2.41. The van der Waals surface area contributed by atoms with E-state index < -0.39 is 35.4 Å². The second-order valence-electron chi connectivity index (χ2n) is 9.44. The van der Waals surface area contributed by atoms with Crippen LogP contribution in [0.2, 0.25) is 5.02 Å². The van der Waals surface area contributed by atoms with Crippen LogP contribution >= 0.6 is 22.9 Å². The van der Waals surface area contributed by atoms with Crippen LogP contribution in [0.1, 0.15) is 42.4 Å². The van der Waals surface area contributed by atoms with Crippen LogP contribution in [0, 0.1) is 11.6 Å². The lowest BCUT2D eigenvalue weighted by molar-refractivity contribution is 0.0648. The standard InChI is InChI=1S/C28H21ClF2N4O4S/c29-20-14-32-35-9-10-39-28-19(24(20)35)13-23(40-28)25(36)33-16(11-15-5-6-21(30)22(31)12-15)7-8-34-26(37)17-3-1-2-4-18(17)27(34)38/h1-6,12-14,16H,7-11H2,(H,33,36)/t16-/m1/s1. The van der Waals surface area contributed by atoms with E-state index in [1.807, 2.05) is 0 Å². The van der Waals surface area contributed by atoms with E-state index in [1.54, 1.807) is 41.2 Å². The van der Waals surface area contributed by atoms with Gasteiger partial charge in [-0.3, -0.25) is 24.0 Å². The van der Waals surface area contributed by atoms with Gasteiger partial charge < -0.3 is 10.1 Å². The molecule has 8 nitrogen and oxygen atoms in total. The lowest BCUT2D eigenvalue weighted by Crippen LogP contribution is -2.40. The summed E-state index contributed by atoms with van der Waals surface area (Å²) in [4.78, 5) is 40.6. The maximum Gasteiger partial charge on any atom is 0.261 e. The quantitative estimate of drug-likeness (QED) is 0.311. The minimum atomic E-state index is -1.00. The Kier molecular flexibility index (Phi) is 6.85. The summed E-state index contributed by atoms with van der Waals surface area (Å²) in [6.07, 6.45) is 1.88. The number of imide groups is 1. The zero-order valence-corrected chi connectivity index (χ0v) is 22.4. The zero-order chi connectivity index (χ0) is 28.0. The molecule has 4 aromatic rings. The second-order valence-corrected chi connectivity index (χ2v) is 10.9. The van der Waals surface area contributed by atoms with Gasteiger partial charge in [-0.1, -0.05) is 41.1 Å². The first-order valence-electron chi connectivity index (χ1n) is 12.5. The van der Waals surface area contributed by atoms with Gasteiger partial charge in [0.25, 0.3) is 17.7 Å². The minimum Gasteiger partial charge on any atom is -0.481 e. The van der Waals surface area contributed by atoms with Gasteiger partial charge in [0.1, 0.15) is 6.61 Å². The number of carbonyl (C=O) groups is 3. The number of hydrogen-bond acceptors (Lipinski definition) is 6. The first-order chi connectivity index (χ1) is 19.3. The van der Waals surface area contributed by atoms with Crippen molar-refractivity contribution in [3.63, 3.8) is 0 Å². The van der Waals surface area contributed by atoms with E-state index in [0.717, 1.165) is 28.4 Å². The van der Waals surface area contributed by atoms with E-state index >= 15 is 0 Å². The summed E-state index contributed by atoms with van der Waals surface area (Å²) in [5, 5.41) is 8.18. The van der Waals surface area contributed by atoms with Crippen LogP contribution in [-0.2, 0) is 13.0 Å². The molecule has 3 amide bonds. The lowest BCUT2D eigenvalue weighted by Gasteiger charge is -2.22. The van der Waals surface area contributed by atoms with E-state index in [4.69, 9.17) is 16.3 Å². The molecular formula is C28H21ClF2N4O4S. The van der Waals surface area contributed by atoms with Crippen molar-refractivity contribution in [2.24, 2.45) is 0 Å². The lowest BCUT2D eigenvalue weighted by atomic mass is 10.0. The number of nitrogens with one attached hydrogen (secondary N) is 1. The molecule has 12 heteroatoms. The van der Waals surface area contributed by atoms with E-state index in [0.29, 0.717) is 56.1 Å². The summed E-state index contributed by atoms with van der Waals surface area (Å²) >= 11 is 7.51. The Morgan fingerprint density at radius 3 is 2.55 bits per heavy atom. The molecule has 2 aromatic carbocycles. The fraction of sp³-hybridized carbons (Fsp3) is 0.214. The van der Waals surface area contributed by atoms with Crippen LogP contribution in [0.15, 0.2) is 54.7 Å². The molecule has 1 N–H and O–H groups in total. The zero-order valence-electron chi connectivity index (χ0n) is 20.8. The average molecular weight is 583 g/mol. The number of rotatable bonds is 7. The number of fused-ring (bicyclic) bond motifs is 4.